The van der Waals surface area contributed by atoms with E-state index < -0.39 is 0 Å². The van der Waals surface area contributed by atoms with E-state index >= 15 is 0 Å². The minimum atomic E-state index is -0.109. The summed E-state index contributed by atoms with van der Waals surface area (Å²) in [5, 5.41) is 11.9. The number of benzene rings is 1. The zero-order chi connectivity index (χ0) is 15.3. The molecule has 2 aromatic rings. The second kappa shape index (κ2) is 6.59. The first-order valence-corrected chi connectivity index (χ1v) is 7.14. The third kappa shape index (κ3) is 4.20. The smallest absolute Gasteiger partial charge is 0.251 e. The standard InChI is InChI=1S/C17H22N2O2/c1-17(2,8-11-20)13-18-16(21)14-6-5-7-15(12-14)19-9-3-4-10-19/h3-7,9-10,12,20H,8,11,13H2,1-2H3,(H,18,21). The Morgan fingerprint density at radius 2 is 1.95 bits per heavy atom. The molecule has 2 rings (SSSR count). The van der Waals surface area contributed by atoms with Crippen molar-refractivity contribution in [3.63, 3.8) is 0 Å². The number of hydrogen-bond acceptors (Lipinski definition) is 2. The van der Waals surface area contributed by atoms with Crippen LogP contribution in [-0.2, 0) is 0 Å². The lowest BCUT2D eigenvalue weighted by atomic mass is 9.89. The van der Waals surface area contributed by atoms with E-state index in [9.17, 15) is 4.79 Å². The number of nitrogens with one attached hydrogen (secondary N) is 1. The van der Waals surface area contributed by atoms with Crippen molar-refractivity contribution in [3.8, 4) is 5.69 Å². The number of aromatic nitrogens is 1. The van der Waals surface area contributed by atoms with Crippen LogP contribution >= 0.6 is 0 Å². The first kappa shape index (κ1) is 15.3. The topological polar surface area (TPSA) is 54.3 Å². The van der Waals surface area contributed by atoms with Crippen molar-refractivity contribution in [1.29, 1.82) is 0 Å². The maximum Gasteiger partial charge on any atom is 0.251 e. The van der Waals surface area contributed by atoms with E-state index in [1.807, 2.05) is 61.1 Å². The predicted octanol–water partition coefficient (Wildman–Crippen LogP) is 2.62. The highest BCUT2D eigenvalue weighted by molar-refractivity contribution is 5.94. The first-order chi connectivity index (χ1) is 10.0. The molecule has 0 radical (unpaired) electrons. The molecule has 0 aliphatic rings. The molecule has 1 aromatic heterocycles. The summed E-state index contributed by atoms with van der Waals surface area (Å²) in [5.41, 5.74) is 1.49. The molecular formula is C17H22N2O2. The predicted molar refractivity (Wildman–Crippen MR) is 83.6 cm³/mol. The van der Waals surface area contributed by atoms with Gasteiger partial charge in [0.25, 0.3) is 5.91 Å². The maximum atomic E-state index is 12.2. The summed E-state index contributed by atoms with van der Waals surface area (Å²) in [6.07, 6.45) is 4.56. The Kier molecular flexibility index (Phi) is 4.81. The fraction of sp³-hybridized carbons (Fsp3) is 0.353. The fourth-order valence-electron chi connectivity index (χ4n) is 2.13. The monoisotopic (exact) mass is 286 g/mol. The SMILES string of the molecule is CC(C)(CCO)CNC(=O)c1cccc(-n2cccc2)c1. The maximum absolute atomic E-state index is 12.2. The highest BCUT2D eigenvalue weighted by Crippen LogP contribution is 2.18. The van der Waals surface area contributed by atoms with Crippen LogP contribution in [0.3, 0.4) is 0 Å². The Labute approximate surface area is 125 Å². The van der Waals surface area contributed by atoms with Crippen LogP contribution in [0.25, 0.3) is 5.69 Å². The fourth-order valence-corrected chi connectivity index (χ4v) is 2.13. The number of carbonyl (C=O) groups is 1. The molecule has 1 aromatic carbocycles. The average molecular weight is 286 g/mol. The van der Waals surface area contributed by atoms with Gasteiger partial charge in [-0.2, -0.15) is 0 Å². The molecule has 4 heteroatoms. The summed E-state index contributed by atoms with van der Waals surface area (Å²) in [6, 6.07) is 11.4. The number of carbonyl (C=O) groups excluding carboxylic acids is 1. The van der Waals surface area contributed by atoms with Gasteiger partial charge in [-0.15, -0.1) is 0 Å². The lowest BCUT2D eigenvalue weighted by Gasteiger charge is -2.23. The van der Waals surface area contributed by atoms with Crippen molar-refractivity contribution in [3.05, 3.63) is 54.4 Å². The summed E-state index contributed by atoms with van der Waals surface area (Å²) in [4.78, 5) is 12.2. The van der Waals surface area contributed by atoms with Crippen LogP contribution in [0, 0.1) is 5.41 Å². The van der Waals surface area contributed by atoms with E-state index in [2.05, 4.69) is 5.32 Å². The summed E-state index contributed by atoms with van der Waals surface area (Å²) in [7, 11) is 0. The molecular weight excluding hydrogens is 264 g/mol. The molecule has 0 saturated heterocycles. The summed E-state index contributed by atoms with van der Waals surface area (Å²) >= 11 is 0. The molecule has 0 atom stereocenters. The molecule has 0 saturated carbocycles. The van der Waals surface area contributed by atoms with Gasteiger partial charge in [-0.3, -0.25) is 4.79 Å². The van der Waals surface area contributed by atoms with Crippen molar-refractivity contribution in [2.75, 3.05) is 13.2 Å². The number of aliphatic hydroxyl groups excluding tert-OH is 1. The number of aliphatic hydroxyl groups is 1. The molecule has 0 bridgehead atoms. The lowest BCUT2D eigenvalue weighted by Crippen LogP contribution is -2.34. The molecule has 4 nitrogen and oxygen atoms in total. The van der Waals surface area contributed by atoms with E-state index in [0.717, 1.165) is 5.69 Å². The third-order valence-corrected chi connectivity index (χ3v) is 3.53. The van der Waals surface area contributed by atoms with Crippen LogP contribution in [0.1, 0.15) is 30.6 Å². The van der Waals surface area contributed by atoms with E-state index in [1.165, 1.54) is 0 Å². The number of hydrogen-bond donors (Lipinski definition) is 2. The highest BCUT2D eigenvalue weighted by atomic mass is 16.3. The Bertz CT molecular complexity index is 589. The van der Waals surface area contributed by atoms with E-state index in [0.29, 0.717) is 18.5 Å². The number of nitrogens with zero attached hydrogens (tertiary/aromatic N) is 1. The highest BCUT2D eigenvalue weighted by Gasteiger charge is 2.18. The van der Waals surface area contributed by atoms with Crippen LogP contribution in [0.15, 0.2) is 48.8 Å². The van der Waals surface area contributed by atoms with Crippen LogP contribution < -0.4 is 5.32 Å². The van der Waals surface area contributed by atoms with Gasteiger partial charge in [0.05, 0.1) is 0 Å². The van der Waals surface area contributed by atoms with E-state index in [1.54, 1.807) is 6.07 Å². The second-order valence-electron chi connectivity index (χ2n) is 5.96. The normalized spacial score (nSPS) is 11.4. The molecule has 0 spiro atoms. The van der Waals surface area contributed by atoms with Crippen LogP contribution in [0.5, 0.6) is 0 Å². The molecule has 1 heterocycles. The van der Waals surface area contributed by atoms with Crippen molar-refractivity contribution < 1.29 is 9.90 Å². The molecule has 21 heavy (non-hydrogen) atoms. The Balaban J connectivity index is 2.05. The van der Waals surface area contributed by atoms with E-state index in [-0.39, 0.29) is 17.9 Å². The lowest BCUT2D eigenvalue weighted by molar-refractivity contribution is 0.0928. The molecule has 0 fully saturated rings. The molecule has 1 amide bonds. The Morgan fingerprint density at radius 3 is 2.62 bits per heavy atom. The van der Waals surface area contributed by atoms with Gasteiger partial charge in [-0.1, -0.05) is 19.9 Å². The Morgan fingerprint density at radius 1 is 1.24 bits per heavy atom. The van der Waals surface area contributed by atoms with Crippen molar-refractivity contribution >= 4 is 5.91 Å². The van der Waals surface area contributed by atoms with Gasteiger partial charge in [0, 0.05) is 36.8 Å². The molecule has 0 aliphatic heterocycles. The van der Waals surface area contributed by atoms with Gasteiger partial charge in [0.15, 0.2) is 0 Å². The summed E-state index contributed by atoms with van der Waals surface area (Å²) in [5.74, 6) is -0.0879. The van der Waals surface area contributed by atoms with Gasteiger partial charge in [-0.05, 0) is 42.2 Å². The first-order valence-electron chi connectivity index (χ1n) is 7.14. The molecule has 2 N–H and O–H groups in total. The van der Waals surface area contributed by atoms with Gasteiger partial charge < -0.3 is 15.0 Å². The van der Waals surface area contributed by atoms with Crippen LogP contribution in [0.4, 0.5) is 0 Å². The van der Waals surface area contributed by atoms with Gasteiger partial charge in [0.2, 0.25) is 0 Å². The molecule has 0 aliphatic carbocycles. The Hall–Kier alpha value is -2.07. The van der Waals surface area contributed by atoms with Gasteiger partial charge >= 0.3 is 0 Å². The van der Waals surface area contributed by atoms with Crippen molar-refractivity contribution in [1.82, 2.24) is 9.88 Å². The van der Waals surface area contributed by atoms with Crippen molar-refractivity contribution in [2.45, 2.75) is 20.3 Å². The van der Waals surface area contributed by atoms with Crippen LogP contribution in [0.2, 0.25) is 0 Å². The third-order valence-electron chi connectivity index (χ3n) is 3.53. The van der Waals surface area contributed by atoms with Crippen molar-refractivity contribution in [2.24, 2.45) is 5.41 Å². The van der Waals surface area contributed by atoms with E-state index in [4.69, 9.17) is 5.11 Å². The number of rotatable bonds is 6. The van der Waals surface area contributed by atoms with Crippen LogP contribution in [-0.4, -0.2) is 28.7 Å². The summed E-state index contributed by atoms with van der Waals surface area (Å²) in [6.45, 7) is 4.73. The van der Waals surface area contributed by atoms with Gasteiger partial charge in [-0.25, -0.2) is 0 Å². The minimum Gasteiger partial charge on any atom is -0.396 e. The summed E-state index contributed by atoms with van der Waals surface area (Å²) < 4.78 is 1.96. The number of amides is 1. The zero-order valence-electron chi connectivity index (χ0n) is 12.5. The average Bonchev–Trinajstić information content (AvgIpc) is 2.99. The largest absolute Gasteiger partial charge is 0.396 e. The zero-order valence-corrected chi connectivity index (χ0v) is 12.5. The second-order valence-corrected chi connectivity index (χ2v) is 5.96. The van der Waals surface area contributed by atoms with Gasteiger partial charge in [0.1, 0.15) is 0 Å². The molecule has 0 unspecified atom stereocenters. The molecule has 112 valence electrons. The quantitative estimate of drug-likeness (QED) is 0.857. The minimum absolute atomic E-state index is 0.0879.